The number of piperidine rings is 1. The third-order valence-corrected chi connectivity index (χ3v) is 4.40. The van der Waals surface area contributed by atoms with Crippen molar-refractivity contribution in [3.05, 3.63) is 23.2 Å². The van der Waals surface area contributed by atoms with Gasteiger partial charge in [0.05, 0.1) is 17.5 Å². The summed E-state index contributed by atoms with van der Waals surface area (Å²) in [5, 5.41) is 6.91. The molecule has 1 unspecified atom stereocenters. The average molecular weight is 311 g/mol. The van der Waals surface area contributed by atoms with Crippen molar-refractivity contribution in [3.63, 3.8) is 0 Å². The van der Waals surface area contributed by atoms with Crippen LogP contribution < -0.4 is 15.4 Å². The summed E-state index contributed by atoms with van der Waals surface area (Å²) in [4.78, 5) is 12.7. The van der Waals surface area contributed by atoms with Crippen LogP contribution in [0.1, 0.15) is 32.6 Å². The van der Waals surface area contributed by atoms with Crippen molar-refractivity contribution in [2.24, 2.45) is 5.41 Å². The Balaban J connectivity index is 2.15. The van der Waals surface area contributed by atoms with Gasteiger partial charge in [-0.05, 0) is 37.9 Å². The Labute approximate surface area is 131 Å². The number of anilines is 1. The van der Waals surface area contributed by atoms with Gasteiger partial charge in [0.2, 0.25) is 5.91 Å². The number of halogens is 1. The third-order valence-electron chi connectivity index (χ3n) is 4.09. The first-order valence-electron chi connectivity index (χ1n) is 7.47. The number of amides is 1. The number of carbonyl (C=O) groups is 1. The van der Waals surface area contributed by atoms with E-state index in [-0.39, 0.29) is 11.3 Å². The van der Waals surface area contributed by atoms with Gasteiger partial charge in [0.25, 0.3) is 0 Å². The summed E-state index contributed by atoms with van der Waals surface area (Å²) in [5.41, 5.74) is 0.419. The second-order valence-corrected chi connectivity index (χ2v) is 6.02. The van der Waals surface area contributed by atoms with Crippen molar-refractivity contribution in [1.82, 2.24) is 5.32 Å². The Morgan fingerprint density at radius 2 is 2.33 bits per heavy atom. The summed E-state index contributed by atoms with van der Waals surface area (Å²) in [7, 11) is 1.57. The molecule has 1 amide bonds. The number of hydrogen-bond donors (Lipinski definition) is 2. The van der Waals surface area contributed by atoms with Crippen LogP contribution in [0.15, 0.2) is 18.2 Å². The molecule has 1 aliphatic rings. The third kappa shape index (κ3) is 3.69. The fourth-order valence-electron chi connectivity index (χ4n) is 2.97. The van der Waals surface area contributed by atoms with E-state index in [0.717, 1.165) is 44.5 Å². The van der Waals surface area contributed by atoms with Gasteiger partial charge >= 0.3 is 0 Å². The van der Waals surface area contributed by atoms with E-state index in [1.807, 2.05) is 0 Å². The van der Waals surface area contributed by atoms with Crippen molar-refractivity contribution < 1.29 is 9.53 Å². The minimum absolute atomic E-state index is 0.0842. The summed E-state index contributed by atoms with van der Waals surface area (Å²) >= 11 is 6.01. The maximum absolute atomic E-state index is 12.7. The molecule has 1 heterocycles. The molecule has 5 heteroatoms. The van der Waals surface area contributed by atoms with Gasteiger partial charge in [0, 0.05) is 18.3 Å². The van der Waals surface area contributed by atoms with Gasteiger partial charge < -0.3 is 15.4 Å². The quantitative estimate of drug-likeness (QED) is 0.875. The first kappa shape index (κ1) is 16.1. The number of rotatable bonds is 5. The average Bonchev–Trinajstić information content (AvgIpc) is 2.50. The number of nitrogens with one attached hydrogen (secondary N) is 2. The molecule has 1 atom stereocenters. The van der Waals surface area contributed by atoms with Crippen LogP contribution in [0.3, 0.4) is 0 Å². The predicted molar refractivity (Wildman–Crippen MR) is 86.1 cm³/mol. The molecule has 1 aliphatic heterocycles. The minimum atomic E-state index is -0.306. The van der Waals surface area contributed by atoms with E-state index in [1.54, 1.807) is 25.3 Å². The van der Waals surface area contributed by atoms with Gasteiger partial charge in [-0.3, -0.25) is 4.79 Å². The smallest absolute Gasteiger partial charge is 0.231 e. The first-order chi connectivity index (χ1) is 10.1. The highest BCUT2D eigenvalue weighted by molar-refractivity contribution is 6.32. The van der Waals surface area contributed by atoms with Gasteiger partial charge in [-0.15, -0.1) is 0 Å². The number of benzene rings is 1. The van der Waals surface area contributed by atoms with E-state index in [9.17, 15) is 4.79 Å². The molecule has 1 fully saturated rings. The topological polar surface area (TPSA) is 50.4 Å². The summed E-state index contributed by atoms with van der Waals surface area (Å²) < 4.78 is 5.19. The van der Waals surface area contributed by atoms with Crippen LogP contribution in [-0.4, -0.2) is 26.1 Å². The van der Waals surface area contributed by atoms with E-state index in [2.05, 4.69) is 17.6 Å². The number of carbonyl (C=O) groups excluding carboxylic acids is 1. The molecule has 2 N–H and O–H groups in total. The van der Waals surface area contributed by atoms with E-state index in [0.29, 0.717) is 10.8 Å². The lowest BCUT2D eigenvalue weighted by atomic mass is 9.76. The molecule has 2 rings (SSSR count). The Bertz CT molecular complexity index is 494. The molecular weight excluding hydrogens is 288 g/mol. The molecule has 0 bridgehead atoms. The van der Waals surface area contributed by atoms with Crippen molar-refractivity contribution in [1.29, 1.82) is 0 Å². The lowest BCUT2D eigenvalue weighted by Gasteiger charge is -2.36. The normalized spacial score (nSPS) is 21.9. The van der Waals surface area contributed by atoms with Crippen LogP contribution >= 0.6 is 11.6 Å². The summed E-state index contributed by atoms with van der Waals surface area (Å²) in [6.07, 6.45) is 3.87. The molecule has 116 valence electrons. The first-order valence-corrected chi connectivity index (χ1v) is 7.85. The molecule has 21 heavy (non-hydrogen) atoms. The van der Waals surface area contributed by atoms with Gasteiger partial charge in [-0.1, -0.05) is 24.9 Å². The molecule has 1 aromatic rings. The Morgan fingerprint density at radius 3 is 2.95 bits per heavy atom. The fourth-order valence-corrected chi connectivity index (χ4v) is 3.16. The summed E-state index contributed by atoms with van der Waals surface area (Å²) in [6, 6.07) is 5.30. The highest BCUT2D eigenvalue weighted by Crippen LogP contribution is 2.34. The van der Waals surface area contributed by atoms with Crippen LogP contribution in [0.4, 0.5) is 5.69 Å². The highest BCUT2D eigenvalue weighted by atomic mass is 35.5. The zero-order valence-electron chi connectivity index (χ0n) is 12.7. The molecule has 4 nitrogen and oxygen atoms in total. The molecule has 1 aromatic carbocycles. The van der Waals surface area contributed by atoms with Crippen LogP contribution in [0.2, 0.25) is 5.02 Å². The van der Waals surface area contributed by atoms with Crippen LogP contribution in [-0.2, 0) is 4.79 Å². The van der Waals surface area contributed by atoms with Crippen molar-refractivity contribution >= 4 is 23.2 Å². The maximum Gasteiger partial charge on any atom is 0.231 e. The Kier molecular flexibility index (Phi) is 5.48. The number of ether oxygens (including phenoxy) is 1. The second-order valence-electron chi connectivity index (χ2n) is 5.61. The van der Waals surface area contributed by atoms with Crippen LogP contribution in [0.5, 0.6) is 5.75 Å². The molecular formula is C16H23ClN2O2. The van der Waals surface area contributed by atoms with E-state index in [1.165, 1.54) is 0 Å². The number of hydrogen-bond acceptors (Lipinski definition) is 3. The monoisotopic (exact) mass is 310 g/mol. The van der Waals surface area contributed by atoms with Crippen molar-refractivity contribution in [3.8, 4) is 5.75 Å². The zero-order chi connectivity index (χ0) is 15.3. The summed E-state index contributed by atoms with van der Waals surface area (Å²) in [6.45, 7) is 3.86. The lowest BCUT2D eigenvalue weighted by molar-refractivity contribution is -0.127. The molecule has 0 radical (unpaired) electrons. The molecule has 1 saturated heterocycles. The zero-order valence-corrected chi connectivity index (χ0v) is 13.4. The Hall–Kier alpha value is -1.26. The van der Waals surface area contributed by atoms with E-state index < -0.39 is 0 Å². The van der Waals surface area contributed by atoms with Crippen molar-refractivity contribution in [2.45, 2.75) is 32.6 Å². The largest absolute Gasteiger partial charge is 0.495 e. The Morgan fingerprint density at radius 1 is 1.52 bits per heavy atom. The van der Waals surface area contributed by atoms with E-state index in [4.69, 9.17) is 16.3 Å². The summed E-state index contributed by atoms with van der Waals surface area (Å²) in [5.74, 6) is 0.654. The molecule has 0 aromatic heterocycles. The van der Waals surface area contributed by atoms with Crippen LogP contribution in [0, 0.1) is 5.41 Å². The number of methoxy groups -OCH3 is 1. The molecule has 0 spiro atoms. The minimum Gasteiger partial charge on any atom is -0.495 e. The van der Waals surface area contributed by atoms with Gasteiger partial charge in [0.15, 0.2) is 0 Å². The fraction of sp³-hybridized carbons (Fsp3) is 0.562. The van der Waals surface area contributed by atoms with Gasteiger partial charge in [-0.2, -0.15) is 0 Å². The predicted octanol–water partition coefficient (Wildman–Crippen LogP) is 3.46. The highest BCUT2D eigenvalue weighted by Gasteiger charge is 2.38. The van der Waals surface area contributed by atoms with Crippen LogP contribution in [0.25, 0.3) is 0 Å². The SMILES string of the molecule is CCCC1(C(=O)Nc2ccc(Cl)c(OC)c2)CCCNC1. The standard InChI is InChI=1S/C16H23ClN2O2/c1-3-7-16(8-4-9-18-11-16)15(20)19-12-5-6-13(17)14(10-12)21-2/h5-6,10,18H,3-4,7-9,11H2,1-2H3,(H,19,20). The maximum atomic E-state index is 12.7. The van der Waals surface area contributed by atoms with E-state index >= 15 is 0 Å². The van der Waals surface area contributed by atoms with Crippen molar-refractivity contribution in [2.75, 3.05) is 25.5 Å². The lowest BCUT2D eigenvalue weighted by Crippen LogP contribution is -2.48. The molecule has 0 saturated carbocycles. The molecule has 0 aliphatic carbocycles. The van der Waals surface area contributed by atoms with Gasteiger partial charge in [-0.25, -0.2) is 0 Å². The second kappa shape index (κ2) is 7.14. The van der Waals surface area contributed by atoms with Gasteiger partial charge in [0.1, 0.15) is 5.75 Å².